The van der Waals surface area contributed by atoms with Gasteiger partial charge in [0.15, 0.2) is 11.5 Å². The second-order valence-electron chi connectivity index (χ2n) is 6.66. The number of hydrazone groups is 1. The van der Waals surface area contributed by atoms with Gasteiger partial charge in [-0.15, -0.1) is 0 Å². The molecule has 0 aromatic heterocycles. The average molecular weight is 612 g/mol. The highest BCUT2D eigenvalue weighted by atomic mass is 79.9. The third-order valence-corrected chi connectivity index (χ3v) is 6.66. The largest absolute Gasteiger partial charge is 0.496 e. The zero-order valence-electron chi connectivity index (χ0n) is 18.1. The number of nitrogens with zero attached hydrogens (tertiary/aromatic N) is 1. The molecule has 0 bridgehead atoms. The summed E-state index contributed by atoms with van der Waals surface area (Å²) in [5.41, 5.74) is 3.28. The lowest BCUT2D eigenvalue weighted by molar-refractivity contribution is 0.0952. The van der Waals surface area contributed by atoms with Crippen molar-refractivity contribution in [3.05, 3.63) is 80.7 Å². The summed E-state index contributed by atoms with van der Waals surface area (Å²) >= 11 is 6.66. The van der Waals surface area contributed by atoms with Crippen molar-refractivity contribution < 1.29 is 26.9 Å². The van der Waals surface area contributed by atoms with E-state index in [2.05, 4.69) is 42.4 Å². The number of benzene rings is 3. The van der Waals surface area contributed by atoms with Crippen LogP contribution in [-0.2, 0) is 10.1 Å². The monoisotopic (exact) mass is 610 g/mol. The lowest BCUT2D eigenvalue weighted by Crippen LogP contribution is -2.18. The maximum Gasteiger partial charge on any atom is 0.339 e. The second-order valence-corrected chi connectivity index (χ2v) is 9.97. The van der Waals surface area contributed by atoms with Crippen molar-refractivity contribution in [2.75, 3.05) is 13.7 Å². The Balaban J connectivity index is 1.83. The van der Waals surface area contributed by atoms with Gasteiger partial charge >= 0.3 is 10.1 Å². The number of carbonyl (C=O) groups excluding carboxylic acids is 1. The molecule has 8 nitrogen and oxygen atoms in total. The van der Waals surface area contributed by atoms with E-state index in [0.717, 1.165) is 0 Å². The third kappa shape index (κ3) is 6.37. The van der Waals surface area contributed by atoms with Crippen LogP contribution in [0.1, 0.15) is 22.8 Å². The van der Waals surface area contributed by atoms with Crippen molar-refractivity contribution in [3.63, 3.8) is 0 Å². The molecule has 1 N–H and O–H groups in total. The third-order valence-electron chi connectivity index (χ3n) is 4.34. The summed E-state index contributed by atoms with van der Waals surface area (Å²) in [6.45, 7) is 2.03. The molecular weight excluding hydrogens is 592 g/mol. The van der Waals surface area contributed by atoms with E-state index in [1.807, 2.05) is 0 Å². The Morgan fingerprint density at radius 2 is 1.79 bits per heavy atom. The van der Waals surface area contributed by atoms with Crippen molar-refractivity contribution >= 4 is 54.1 Å². The molecule has 3 aromatic rings. The van der Waals surface area contributed by atoms with Gasteiger partial charge in [0.2, 0.25) is 0 Å². The molecule has 0 spiro atoms. The van der Waals surface area contributed by atoms with Crippen molar-refractivity contribution in [3.8, 4) is 17.2 Å². The molecule has 0 aliphatic carbocycles. The van der Waals surface area contributed by atoms with Crippen LogP contribution in [-0.4, -0.2) is 34.3 Å². The number of methoxy groups -OCH3 is 1. The van der Waals surface area contributed by atoms with E-state index >= 15 is 0 Å². The van der Waals surface area contributed by atoms with Crippen LogP contribution in [0.15, 0.2) is 79.6 Å². The van der Waals surface area contributed by atoms with Gasteiger partial charge in [-0.1, -0.05) is 34.1 Å². The number of carbonyl (C=O) groups is 1. The van der Waals surface area contributed by atoms with Gasteiger partial charge in [0, 0.05) is 4.47 Å². The molecule has 0 atom stereocenters. The Morgan fingerprint density at radius 1 is 1.06 bits per heavy atom. The van der Waals surface area contributed by atoms with E-state index in [1.54, 1.807) is 55.5 Å². The van der Waals surface area contributed by atoms with Gasteiger partial charge in [0.1, 0.15) is 10.6 Å². The molecule has 0 heterocycles. The van der Waals surface area contributed by atoms with Crippen LogP contribution in [0.3, 0.4) is 0 Å². The Bertz CT molecular complexity index is 1310. The minimum absolute atomic E-state index is 0.00533. The molecule has 0 fully saturated rings. The quantitative estimate of drug-likeness (QED) is 0.204. The molecule has 0 aliphatic heterocycles. The van der Waals surface area contributed by atoms with Gasteiger partial charge in [0.05, 0.1) is 30.0 Å². The summed E-state index contributed by atoms with van der Waals surface area (Å²) in [4.78, 5) is 12.5. The van der Waals surface area contributed by atoms with Gasteiger partial charge in [-0.3, -0.25) is 4.79 Å². The van der Waals surface area contributed by atoms with Gasteiger partial charge in [-0.25, -0.2) is 5.43 Å². The van der Waals surface area contributed by atoms with Crippen LogP contribution in [0.2, 0.25) is 0 Å². The first-order valence-electron chi connectivity index (χ1n) is 9.88. The van der Waals surface area contributed by atoms with Crippen molar-refractivity contribution in [1.29, 1.82) is 0 Å². The highest BCUT2D eigenvalue weighted by molar-refractivity contribution is 9.10. The molecule has 1 amide bonds. The predicted octanol–water partition coefficient (Wildman–Crippen LogP) is 5.15. The van der Waals surface area contributed by atoms with Crippen LogP contribution in [0.25, 0.3) is 0 Å². The summed E-state index contributed by atoms with van der Waals surface area (Å²) in [6, 6.07) is 16.0. The number of rotatable bonds is 9. The van der Waals surface area contributed by atoms with Crippen molar-refractivity contribution in [2.24, 2.45) is 5.10 Å². The maximum atomic E-state index is 12.7. The van der Waals surface area contributed by atoms with Crippen LogP contribution >= 0.6 is 31.9 Å². The van der Waals surface area contributed by atoms with E-state index in [0.29, 0.717) is 25.8 Å². The first-order valence-corrected chi connectivity index (χ1v) is 12.9. The van der Waals surface area contributed by atoms with Crippen LogP contribution in [0.5, 0.6) is 17.2 Å². The molecule has 0 radical (unpaired) electrons. The Morgan fingerprint density at radius 3 is 2.47 bits per heavy atom. The molecular formula is C23H20Br2N2O6S. The number of nitrogens with one attached hydrogen (secondary N) is 1. The first kappa shape index (κ1) is 25.7. The summed E-state index contributed by atoms with van der Waals surface area (Å²) in [5, 5.41) is 3.99. The highest BCUT2D eigenvalue weighted by Crippen LogP contribution is 2.38. The van der Waals surface area contributed by atoms with Crippen LogP contribution in [0.4, 0.5) is 0 Å². The predicted molar refractivity (Wildman–Crippen MR) is 135 cm³/mol. The van der Waals surface area contributed by atoms with Gasteiger partial charge in [-0.2, -0.15) is 13.5 Å². The summed E-state index contributed by atoms with van der Waals surface area (Å²) in [6.07, 6.45) is 1.39. The number of hydrogen-bond donors (Lipinski definition) is 1. The standard InChI is InChI=1S/C23H20Br2N2O6S/c1-3-32-21-12-15(14-26-27-23(28)18-13-16(24)9-10-20(18)31-2)11-19(25)22(21)33-34(29,30)17-7-5-4-6-8-17/h4-14H,3H2,1-2H3,(H,27,28)/b26-14-. The van der Waals surface area contributed by atoms with E-state index in [4.69, 9.17) is 13.7 Å². The summed E-state index contributed by atoms with van der Waals surface area (Å²) in [7, 11) is -2.60. The lowest BCUT2D eigenvalue weighted by atomic mass is 10.2. The Kier molecular flexibility index (Phi) is 8.70. The summed E-state index contributed by atoms with van der Waals surface area (Å²) < 4.78 is 42.5. The molecule has 0 unspecified atom stereocenters. The minimum atomic E-state index is -4.07. The van der Waals surface area contributed by atoms with Crippen molar-refractivity contribution in [2.45, 2.75) is 11.8 Å². The fourth-order valence-electron chi connectivity index (χ4n) is 2.83. The topological polar surface area (TPSA) is 103 Å². The van der Waals surface area contributed by atoms with Crippen LogP contribution < -0.4 is 19.1 Å². The number of halogens is 2. The van der Waals surface area contributed by atoms with Gasteiger partial charge < -0.3 is 13.7 Å². The van der Waals surface area contributed by atoms with Crippen LogP contribution in [0, 0.1) is 0 Å². The molecule has 34 heavy (non-hydrogen) atoms. The fourth-order valence-corrected chi connectivity index (χ4v) is 4.82. The molecule has 3 rings (SSSR count). The minimum Gasteiger partial charge on any atom is -0.496 e. The SMILES string of the molecule is CCOc1cc(/C=N\NC(=O)c2cc(Br)ccc2OC)cc(Br)c1OS(=O)(=O)c1ccccc1. The molecule has 11 heteroatoms. The zero-order valence-corrected chi connectivity index (χ0v) is 22.1. The van der Waals surface area contributed by atoms with Gasteiger partial charge in [0.25, 0.3) is 5.91 Å². The highest BCUT2D eigenvalue weighted by Gasteiger charge is 2.22. The second kappa shape index (κ2) is 11.5. The Hall–Kier alpha value is -2.89. The molecule has 3 aromatic carbocycles. The van der Waals surface area contributed by atoms with E-state index < -0.39 is 16.0 Å². The zero-order chi connectivity index (χ0) is 24.7. The molecule has 0 aliphatic rings. The number of ether oxygens (including phenoxy) is 2. The van der Waals surface area contributed by atoms with Crippen molar-refractivity contribution in [1.82, 2.24) is 5.43 Å². The van der Waals surface area contributed by atoms with Gasteiger partial charge in [-0.05, 0) is 70.9 Å². The summed E-state index contributed by atoms with van der Waals surface area (Å²) in [5.74, 6) is 0.134. The lowest BCUT2D eigenvalue weighted by Gasteiger charge is -2.14. The maximum absolute atomic E-state index is 12.7. The Labute approximate surface area is 214 Å². The smallest absolute Gasteiger partial charge is 0.339 e. The molecule has 0 saturated heterocycles. The van der Waals surface area contributed by atoms with E-state index in [9.17, 15) is 13.2 Å². The fraction of sp³-hybridized carbons (Fsp3) is 0.130. The number of hydrogen-bond acceptors (Lipinski definition) is 7. The average Bonchev–Trinajstić information content (AvgIpc) is 2.82. The number of amides is 1. The normalized spacial score (nSPS) is 11.3. The first-order chi connectivity index (χ1) is 16.2. The molecule has 0 saturated carbocycles. The van der Waals surface area contributed by atoms with E-state index in [-0.39, 0.29) is 23.0 Å². The molecule has 178 valence electrons. The van der Waals surface area contributed by atoms with E-state index in [1.165, 1.54) is 25.5 Å².